The summed E-state index contributed by atoms with van der Waals surface area (Å²) in [6, 6.07) is 0. The molecule has 0 fully saturated rings. The highest BCUT2D eigenvalue weighted by Crippen LogP contribution is 2.16. The van der Waals surface area contributed by atoms with Crippen LogP contribution in [0.2, 0.25) is 0 Å². The van der Waals surface area contributed by atoms with Crippen LogP contribution < -0.4 is 0 Å². The first-order chi connectivity index (χ1) is 39.5. The minimum atomic E-state index is -0.786. The summed E-state index contributed by atoms with van der Waals surface area (Å²) in [5, 5.41) is 0. The molecule has 80 heavy (non-hydrogen) atoms. The highest BCUT2D eigenvalue weighted by molar-refractivity contribution is 5.71. The summed E-state index contributed by atoms with van der Waals surface area (Å²) >= 11 is 0. The first-order valence-corrected chi connectivity index (χ1v) is 34.2. The fraction of sp³-hybridized carbons (Fsp3) is 0.743. The van der Waals surface area contributed by atoms with Crippen molar-refractivity contribution in [3.05, 3.63) is 97.2 Å². The summed E-state index contributed by atoms with van der Waals surface area (Å²) in [6.07, 6.45) is 91.4. The van der Waals surface area contributed by atoms with E-state index in [-0.39, 0.29) is 31.1 Å². The molecule has 0 N–H and O–H groups in total. The Balaban J connectivity index is 4.27. The van der Waals surface area contributed by atoms with Crippen LogP contribution in [0.25, 0.3) is 0 Å². The number of ether oxygens (including phenoxy) is 3. The van der Waals surface area contributed by atoms with Gasteiger partial charge >= 0.3 is 17.9 Å². The molecule has 0 aromatic rings. The fourth-order valence-electron chi connectivity index (χ4n) is 9.67. The summed E-state index contributed by atoms with van der Waals surface area (Å²) < 4.78 is 16.9. The first-order valence-electron chi connectivity index (χ1n) is 34.2. The summed E-state index contributed by atoms with van der Waals surface area (Å²) in [6.45, 7) is 6.54. The molecule has 0 radical (unpaired) electrons. The maximum absolute atomic E-state index is 12.9. The van der Waals surface area contributed by atoms with E-state index < -0.39 is 6.10 Å². The molecule has 0 aliphatic rings. The van der Waals surface area contributed by atoms with Crippen molar-refractivity contribution < 1.29 is 28.6 Å². The van der Waals surface area contributed by atoms with Gasteiger partial charge in [-0.25, -0.2) is 0 Å². The second kappa shape index (κ2) is 67.8. The van der Waals surface area contributed by atoms with E-state index in [0.717, 1.165) is 116 Å². The van der Waals surface area contributed by atoms with Gasteiger partial charge in [-0.15, -0.1) is 0 Å². The molecule has 0 amide bonds. The Kier molecular flexibility index (Phi) is 64.7. The van der Waals surface area contributed by atoms with E-state index in [4.69, 9.17) is 14.2 Å². The minimum absolute atomic E-state index is 0.0821. The average Bonchev–Trinajstić information content (AvgIpc) is 3.46. The van der Waals surface area contributed by atoms with Gasteiger partial charge in [0.2, 0.25) is 0 Å². The standard InChI is InChI=1S/C74H128O6/c1-4-7-10-13-16-19-22-25-28-30-31-32-33-34-35-36-37-38-39-40-41-42-43-44-47-49-52-55-58-61-64-67-73(76)79-70-71(69-78-72(75)66-63-60-57-54-51-48-45-27-24-21-18-15-12-9-6-3)80-74(77)68-65-62-59-56-53-50-46-29-26-23-20-17-14-11-8-5-2/h7,10,16,19,25,27-29,31-32,34-35,37-38,45-46,71H,4-6,8-9,11-15,17-18,20-24,26,30,33,36,39-44,47-70H2,1-3H3/b10-7-,19-16-,28-25-,32-31-,35-34-,38-37-,45-27-,46-29-. The Morgan fingerprint density at radius 1 is 0.263 bits per heavy atom. The number of hydrogen-bond acceptors (Lipinski definition) is 6. The second-order valence-electron chi connectivity index (χ2n) is 22.7. The zero-order chi connectivity index (χ0) is 57.8. The number of carbonyl (C=O) groups excluding carboxylic acids is 3. The predicted molar refractivity (Wildman–Crippen MR) is 348 cm³/mol. The molecule has 0 aromatic carbocycles. The summed E-state index contributed by atoms with van der Waals surface area (Å²) in [5.41, 5.74) is 0. The molecular weight excluding hydrogens is 985 g/mol. The fourth-order valence-corrected chi connectivity index (χ4v) is 9.67. The third-order valence-corrected chi connectivity index (χ3v) is 14.8. The number of rotatable bonds is 62. The van der Waals surface area contributed by atoms with Crippen molar-refractivity contribution in [3.63, 3.8) is 0 Å². The number of carbonyl (C=O) groups is 3. The van der Waals surface area contributed by atoms with Gasteiger partial charge in [0.1, 0.15) is 13.2 Å². The SMILES string of the molecule is CC/C=C\C/C=C\C/C=C\C/C=C\C/C=C\C/C=C\CCCCCCCCCCCCCCC(=O)OCC(COC(=O)CCCCCCC/C=C\CCCCCCCC)OC(=O)CCCCCCC/C=C\CCCCCCCCC. The van der Waals surface area contributed by atoms with Crippen molar-refractivity contribution in [1.82, 2.24) is 0 Å². The average molecular weight is 1110 g/mol. The molecule has 0 aliphatic heterocycles. The van der Waals surface area contributed by atoms with Crippen LogP contribution in [-0.2, 0) is 28.6 Å². The van der Waals surface area contributed by atoms with E-state index in [1.54, 1.807) is 0 Å². The Bertz CT molecular complexity index is 1560. The zero-order valence-electron chi connectivity index (χ0n) is 52.8. The Hall–Kier alpha value is -3.67. The monoisotopic (exact) mass is 1110 g/mol. The van der Waals surface area contributed by atoms with Crippen LogP contribution in [0.15, 0.2) is 97.2 Å². The molecular formula is C74H128O6. The first kappa shape index (κ1) is 76.3. The van der Waals surface area contributed by atoms with Crippen molar-refractivity contribution in [2.75, 3.05) is 13.2 Å². The smallest absolute Gasteiger partial charge is 0.306 e. The molecule has 0 saturated heterocycles. The van der Waals surface area contributed by atoms with Gasteiger partial charge in [-0.05, 0) is 122 Å². The minimum Gasteiger partial charge on any atom is -0.462 e. The van der Waals surface area contributed by atoms with Crippen molar-refractivity contribution in [3.8, 4) is 0 Å². The van der Waals surface area contributed by atoms with Crippen molar-refractivity contribution in [1.29, 1.82) is 0 Å². The third-order valence-electron chi connectivity index (χ3n) is 14.8. The highest BCUT2D eigenvalue weighted by Gasteiger charge is 2.19. The van der Waals surface area contributed by atoms with E-state index in [9.17, 15) is 14.4 Å². The van der Waals surface area contributed by atoms with E-state index in [1.807, 2.05) is 0 Å². The van der Waals surface area contributed by atoms with Crippen molar-refractivity contribution in [2.24, 2.45) is 0 Å². The summed E-state index contributed by atoms with van der Waals surface area (Å²) in [7, 11) is 0. The molecule has 6 nitrogen and oxygen atoms in total. The Labute approximate surface area is 496 Å². The van der Waals surface area contributed by atoms with Crippen LogP contribution in [0.4, 0.5) is 0 Å². The van der Waals surface area contributed by atoms with Gasteiger partial charge in [0.05, 0.1) is 0 Å². The molecule has 0 heterocycles. The van der Waals surface area contributed by atoms with Gasteiger partial charge in [-0.1, -0.05) is 291 Å². The lowest BCUT2D eigenvalue weighted by Gasteiger charge is -2.18. The Morgan fingerprint density at radius 3 is 0.775 bits per heavy atom. The van der Waals surface area contributed by atoms with Gasteiger partial charge in [-0.2, -0.15) is 0 Å². The lowest BCUT2D eigenvalue weighted by molar-refractivity contribution is -0.167. The van der Waals surface area contributed by atoms with Crippen LogP contribution >= 0.6 is 0 Å². The van der Waals surface area contributed by atoms with Crippen LogP contribution in [0.3, 0.4) is 0 Å². The molecule has 0 aromatic heterocycles. The van der Waals surface area contributed by atoms with E-state index >= 15 is 0 Å². The van der Waals surface area contributed by atoms with Gasteiger partial charge in [0.15, 0.2) is 6.10 Å². The van der Waals surface area contributed by atoms with Gasteiger partial charge in [0.25, 0.3) is 0 Å². The maximum atomic E-state index is 12.9. The lowest BCUT2D eigenvalue weighted by atomic mass is 10.0. The van der Waals surface area contributed by atoms with Crippen molar-refractivity contribution in [2.45, 2.75) is 341 Å². The zero-order valence-corrected chi connectivity index (χ0v) is 52.8. The quantitative estimate of drug-likeness (QED) is 0.0261. The van der Waals surface area contributed by atoms with Gasteiger partial charge < -0.3 is 14.2 Å². The molecule has 1 atom stereocenters. The number of allylic oxidation sites excluding steroid dienone is 16. The number of unbranched alkanes of at least 4 members (excludes halogenated alkanes) is 35. The maximum Gasteiger partial charge on any atom is 0.306 e. The van der Waals surface area contributed by atoms with Crippen LogP contribution in [0, 0.1) is 0 Å². The van der Waals surface area contributed by atoms with Crippen molar-refractivity contribution >= 4 is 17.9 Å². The second-order valence-corrected chi connectivity index (χ2v) is 22.7. The van der Waals surface area contributed by atoms with Crippen LogP contribution in [0.1, 0.15) is 335 Å². The van der Waals surface area contributed by atoms with E-state index in [1.165, 1.54) is 180 Å². The van der Waals surface area contributed by atoms with Gasteiger partial charge in [0, 0.05) is 19.3 Å². The number of esters is 3. The van der Waals surface area contributed by atoms with Crippen LogP contribution in [0.5, 0.6) is 0 Å². The van der Waals surface area contributed by atoms with E-state index in [2.05, 4.69) is 118 Å². The highest BCUT2D eigenvalue weighted by atomic mass is 16.6. The topological polar surface area (TPSA) is 78.9 Å². The molecule has 0 aliphatic carbocycles. The molecule has 0 saturated carbocycles. The molecule has 0 spiro atoms. The predicted octanol–water partition coefficient (Wildman–Crippen LogP) is 23.6. The molecule has 1 unspecified atom stereocenters. The summed E-state index contributed by atoms with van der Waals surface area (Å²) in [4.78, 5) is 38.4. The molecule has 460 valence electrons. The normalized spacial score (nSPS) is 12.7. The molecule has 0 bridgehead atoms. The lowest BCUT2D eigenvalue weighted by Crippen LogP contribution is -2.30. The third kappa shape index (κ3) is 65.1. The van der Waals surface area contributed by atoms with Gasteiger partial charge in [-0.3, -0.25) is 14.4 Å². The molecule has 6 heteroatoms. The largest absolute Gasteiger partial charge is 0.462 e. The molecule has 0 rings (SSSR count). The summed E-state index contributed by atoms with van der Waals surface area (Å²) in [5.74, 6) is -0.887. The number of hydrogen-bond donors (Lipinski definition) is 0. The Morgan fingerprint density at radius 2 is 0.487 bits per heavy atom. The van der Waals surface area contributed by atoms with E-state index in [0.29, 0.717) is 19.3 Å². The van der Waals surface area contributed by atoms with Crippen LogP contribution in [-0.4, -0.2) is 37.2 Å².